The Bertz CT molecular complexity index is 405. The Balaban J connectivity index is 2.98. The molecule has 0 heterocycles. The van der Waals surface area contributed by atoms with E-state index in [1.807, 2.05) is 6.07 Å². The molecule has 0 aliphatic heterocycles. The number of benzene rings is 1. The summed E-state index contributed by atoms with van der Waals surface area (Å²) in [6, 6.07) is 5.51. The Kier molecular flexibility index (Phi) is 5.49. The standard InChI is InChI=1S/C14H22N2O2/c1-4-6-9-16(5-2)11-7-8-13(15)12(10-11)14(17)18-3/h7-8,10H,4-6,9,15H2,1-3H3. The third kappa shape index (κ3) is 3.39. The minimum Gasteiger partial charge on any atom is -0.465 e. The van der Waals surface area contributed by atoms with Crippen molar-refractivity contribution in [1.82, 2.24) is 0 Å². The predicted molar refractivity (Wildman–Crippen MR) is 75.0 cm³/mol. The third-order valence-corrected chi connectivity index (χ3v) is 2.97. The van der Waals surface area contributed by atoms with Crippen molar-refractivity contribution >= 4 is 17.3 Å². The average Bonchev–Trinajstić information content (AvgIpc) is 2.40. The van der Waals surface area contributed by atoms with Crippen LogP contribution in [-0.2, 0) is 4.74 Å². The number of hydrogen-bond donors (Lipinski definition) is 1. The van der Waals surface area contributed by atoms with Crippen LogP contribution in [0.4, 0.5) is 11.4 Å². The molecule has 0 fully saturated rings. The van der Waals surface area contributed by atoms with E-state index in [4.69, 9.17) is 10.5 Å². The smallest absolute Gasteiger partial charge is 0.340 e. The van der Waals surface area contributed by atoms with Crippen molar-refractivity contribution in [2.45, 2.75) is 26.7 Å². The first kappa shape index (κ1) is 14.4. The summed E-state index contributed by atoms with van der Waals surface area (Å²) in [5.41, 5.74) is 7.69. The lowest BCUT2D eigenvalue weighted by Gasteiger charge is -2.23. The summed E-state index contributed by atoms with van der Waals surface area (Å²) in [5, 5.41) is 0. The highest BCUT2D eigenvalue weighted by molar-refractivity contribution is 5.96. The molecule has 0 saturated heterocycles. The number of ether oxygens (including phenoxy) is 1. The predicted octanol–water partition coefficient (Wildman–Crippen LogP) is 2.68. The molecule has 0 aromatic heterocycles. The number of unbranched alkanes of at least 4 members (excludes halogenated alkanes) is 1. The first-order valence-electron chi connectivity index (χ1n) is 6.36. The highest BCUT2D eigenvalue weighted by Gasteiger charge is 2.13. The van der Waals surface area contributed by atoms with Gasteiger partial charge in [0.2, 0.25) is 0 Å². The van der Waals surface area contributed by atoms with Gasteiger partial charge in [-0.15, -0.1) is 0 Å². The molecule has 0 amide bonds. The van der Waals surface area contributed by atoms with Crippen LogP contribution in [0.3, 0.4) is 0 Å². The van der Waals surface area contributed by atoms with E-state index in [9.17, 15) is 4.79 Å². The molecule has 0 spiro atoms. The molecule has 2 N–H and O–H groups in total. The molecule has 0 unspecified atom stereocenters. The van der Waals surface area contributed by atoms with Crippen molar-refractivity contribution in [3.8, 4) is 0 Å². The van der Waals surface area contributed by atoms with Crippen LogP contribution < -0.4 is 10.6 Å². The normalized spacial score (nSPS) is 10.2. The molecule has 0 bridgehead atoms. The van der Waals surface area contributed by atoms with Crippen LogP contribution in [0.25, 0.3) is 0 Å². The lowest BCUT2D eigenvalue weighted by molar-refractivity contribution is 0.0602. The van der Waals surface area contributed by atoms with E-state index in [1.54, 1.807) is 12.1 Å². The fourth-order valence-electron chi connectivity index (χ4n) is 1.85. The molecule has 18 heavy (non-hydrogen) atoms. The molecule has 0 saturated carbocycles. The number of anilines is 2. The van der Waals surface area contributed by atoms with E-state index in [1.165, 1.54) is 7.11 Å². The van der Waals surface area contributed by atoms with E-state index in [0.717, 1.165) is 31.6 Å². The molecule has 0 aliphatic carbocycles. The van der Waals surface area contributed by atoms with Crippen molar-refractivity contribution in [2.75, 3.05) is 30.8 Å². The Labute approximate surface area is 109 Å². The largest absolute Gasteiger partial charge is 0.465 e. The maximum absolute atomic E-state index is 11.6. The molecule has 4 heteroatoms. The van der Waals surface area contributed by atoms with E-state index >= 15 is 0 Å². The fraction of sp³-hybridized carbons (Fsp3) is 0.500. The van der Waals surface area contributed by atoms with Gasteiger partial charge < -0.3 is 15.4 Å². The summed E-state index contributed by atoms with van der Waals surface area (Å²) in [6.07, 6.45) is 2.28. The van der Waals surface area contributed by atoms with Gasteiger partial charge >= 0.3 is 5.97 Å². The quantitative estimate of drug-likeness (QED) is 0.623. The minimum absolute atomic E-state index is 0.388. The second-order valence-corrected chi connectivity index (χ2v) is 4.20. The summed E-state index contributed by atoms with van der Waals surface area (Å²) in [6.45, 7) is 6.16. The van der Waals surface area contributed by atoms with Gasteiger partial charge in [-0.3, -0.25) is 0 Å². The van der Waals surface area contributed by atoms with Gasteiger partial charge in [0.15, 0.2) is 0 Å². The molecule has 4 nitrogen and oxygen atoms in total. The van der Waals surface area contributed by atoms with Crippen molar-refractivity contribution in [1.29, 1.82) is 0 Å². The number of methoxy groups -OCH3 is 1. The Morgan fingerprint density at radius 2 is 2.11 bits per heavy atom. The van der Waals surface area contributed by atoms with Crippen LogP contribution in [0.2, 0.25) is 0 Å². The SMILES string of the molecule is CCCCN(CC)c1ccc(N)c(C(=O)OC)c1. The number of esters is 1. The zero-order valence-corrected chi connectivity index (χ0v) is 11.4. The highest BCUT2D eigenvalue weighted by Crippen LogP contribution is 2.22. The molecule has 0 radical (unpaired) electrons. The molecule has 0 atom stereocenters. The van der Waals surface area contributed by atoms with Crippen LogP contribution >= 0.6 is 0 Å². The number of nitrogens with zero attached hydrogens (tertiary/aromatic N) is 1. The number of carbonyl (C=O) groups is 1. The molecule has 100 valence electrons. The van der Waals surface area contributed by atoms with Gasteiger partial charge in [0.1, 0.15) is 0 Å². The van der Waals surface area contributed by atoms with Crippen molar-refractivity contribution in [3.63, 3.8) is 0 Å². The molecule has 1 aromatic carbocycles. The van der Waals surface area contributed by atoms with Gasteiger partial charge in [-0.1, -0.05) is 13.3 Å². The van der Waals surface area contributed by atoms with Crippen molar-refractivity contribution < 1.29 is 9.53 Å². The lowest BCUT2D eigenvalue weighted by Crippen LogP contribution is -2.24. The zero-order chi connectivity index (χ0) is 13.5. The molecule has 1 rings (SSSR count). The van der Waals surface area contributed by atoms with Gasteiger partial charge in [0.25, 0.3) is 0 Å². The summed E-state index contributed by atoms with van der Waals surface area (Å²) < 4.78 is 4.73. The molecule has 1 aromatic rings. The first-order chi connectivity index (χ1) is 8.63. The second-order valence-electron chi connectivity index (χ2n) is 4.20. The molecular formula is C14H22N2O2. The van der Waals surface area contributed by atoms with Gasteiger partial charge in [0, 0.05) is 24.5 Å². The maximum Gasteiger partial charge on any atom is 0.340 e. The summed E-state index contributed by atoms with van der Waals surface area (Å²) in [7, 11) is 1.36. The van der Waals surface area contributed by atoms with Gasteiger partial charge in [-0.05, 0) is 31.5 Å². The third-order valence-electron chi connectivity index (χ3n) is 2.97. The van der Waals surface area contributed by atoms with Crippen molar-refractivity contribution in [2.24, 2.45) is 0 Å². The van der Waals surface area contributed by atoms with Gasteiger partial charge in [-0.25, -0.2) is 4.79 Å². The first-order valence-corrected chi connectivity index (χ1v) is 6.36. The topological polar surface area (TPSA) is 55.6 Å². The van der Waals surface area contributed by atoms with Crippen LogP contribution in [0, 0.1) is 0 Å². The van der Waals surface area contributed by atoms with Crippen LogP contribution in [-0.4, -0.2) is 26.2 Å². The molecular weight excluding hydrogens is 228 g/mol. The van der Waals surface area contributed by atoms with E-state index < -0.39 is 0 Å². The second kappa shape index (κ2) is 6.89. The Morgan fingerprint density at radius 3 is 2.67 bits per heavy atom. The van der Waals surface area contributed by atoms with Crippen LogP contribution in [0.1, 0.15) is 37.0 Å². The average molecular weight is 250 g/mol. The fourth-order valence-corrected chi connectivity index (χ4v) is 1.85. The van der Waals surface area contributed by atoms with E-state index in [-0.39, 0.29) is 5.97 Å². The lowest BCUT2D eigenvalue weighted by atomic mass is 10.1. The number of carbonyl (C=O) groups excluding carboxylic acids is 1. The van der Waals surface area contributed by atoms with Gasteiger partial charge in [-0.2, -0.15) is 0 Å². The van der Waals surface area contributed by atoms with E-state index in [2.05, 4.69) is 18.7 Å². The summed E-state index contributed by atoms with van der Waals surface area (Å²) >= 11 is 0. The minimum atomic E-state index is -0.388. The summed E-state index contributed by atoms with van der Waals surface area (Å²) in [4.78, 5) is 13.8. The van der Waals surface area contributed by atoms with Crippen LogP contribution in [0.15, 0.2) is 18.2 Å². The zero-order valence-electron chi connectivity index (χ0n) is 11.4. The van der Waals surface area contributed by atoms with E-state index in [0.29, 0.717) is 11.3 Å². The number of nitrogen functional groups attached to an aromatic ring is 1. The maximum atomic E-state index is 11.6. The Hall–Kier alpha value is -1.71. The monoisotopic (exact) mass is 250 g/mol. The van der Waals surface area contributed by atoms with Gasteiger partial charge in [0.05, 0.1) is 12.7 Å². The van der Waals surface area contributed by atoms with Crippen molar-refractivity contribution in [3.05, 3.63) is 23.8 Å². The molecule has 0 aliphatic rings. The number of hydrogen-bond acceptors (Lipinski definition) is 4. The highest BCUT2D eigenvalue weighted by atomic mass is 16.5. The van der Waals surface area contributed by atoms with Crippen LogP contribution in [0.5, 0.6) is 0 Å². The Morgan fingerprint density at radius 1 is 1.39 bits per heavy atom. The number of rotatable bonds is 6. The number of nitrogens with two attached hydrogens (primary N) is 1. The summed E-state index contributed by atoms with van der Waals surface area (Å²) in [5.74, 6) is -0.388.